The molecule has 5 rings (SSSR count). The Bertz CT molecular complexity index is 1650. The van der Waals surface area contributed by atoms with E-state index < -0.39 is 46.6 Å². The van der Waals surface area contributed by atoms with Crippen molar-refractivity contribution in [2.75, 3.05) is 20.6 Å². The van der Waals surface area contributed by atoms with Crippen molar-refractivity contribution in [1.29, 1.82) is 0 Å². The Morgan fingerprint density at radius 3 is 2.06 bits per heavy atom. The fraction of sp³-hybridized carbons (Fsp3) is 0.559. The summed E-state index contributed by atoms with van der Waals surface area (Å²) in [5.41, 5.74) is -3.23. The van der Waals surface area contributed by atoms with Crippen LogP contribution in [0.2, 0.25) is 0 Å². The molecule has 2 aromatic heterocycles. The maximum absolute atomic E-state index is 13.6. The van der Waals surface area contributed by atoms with Crippen LogP contribution in [0.5, 0.6) is 0 Å². The third-order valence-electron chi connectivity index (χ3n) is 9.78. The van der Waals surface area contributed by atoms with Crippen LogP contribution in [0.4, 0.5) is 31.1 Å². The van der Waals surface area contributed by atoms with Crippen LogP contribution in [0.3, 0.4) is 0 Å². The predicted molar refractivity (Wildman–Crippen MR) is 167 cm³/mol. The van der Waals surface area contributed by atoms with Gasteiger partial charge in [0.05, 0.1) is 17.3 Å². The molecule has 1 saturated heterocycles. The van der Waals surface area contributed by atoms with Crippen molar-refractivity contribution in [3.8, 4) is 11.1 Å². The summed E-state index contributed by atoms with van der Waals surface area (Å²) in [6, 6.07) is 1.65. The zero-order valence-corrected chi connectivity index (χ0v) is 28.2. The van der Waals surface area contributed by atoms with Gasteiger partial charge in [0.1, 0.15) is 5.82 Å². The van der Waals surface area contributed by atoms with E-state index in [0.29, 0.717) is 18.7 Å². The molecule has 1 aliphatic carbocycles. The smallest absolute Gasteiger partial charge is 0.416 e. The van der Waals surface area contributed by atoms with Crippen LogP contribution < -0.4 is 0 Å². The van der Waals surface area contributed by atoms with Crippen LogP contribution in [0.1, 0.15) is 62.5 Å². The highest BCUT2D eigenvalue weighted by atomic mass is 19.4. The standard InChI is InChI=1S/C34H40F6N6O3/c1-20-13-32(20)14-23(19-46(32)30(48)49-31(2,3)29(47)44(4)5)22(11-28-41-15-24(16-42-28)25-17-43-45(6)18-25)8-7-21-9-26(33(35,36)37)12-27(10-21)34(38,39)40/h9-10,12,15-18,20,22-23H,7-8,11,13-14,19H2,1-6H3/t20-,22?,23+,32+/m1/s1. The Morgan fingerprint density at radius 2 is 1.57 bits per heavy atom. The van der Waals surface area contributed by atoms with Crippen molar-refractivity contribution in [3.05, 3.63) is 65.5 Å². The molecule has 1 unspecified atom stereocenters. The number of likely N-dealkylation sites (tertiary alicyclic amines) is 1. The summed E-state index contributed by atoms with van der Waals surface area (Å²) in [6.07, 6.45) is -2.11. The lowest BCUT2D eigenvalue weighted by Crippen LogP contribution is -2.49. The summed E-state index contributed by atoms with van der Waals surface area (Å²) in [5.74, 6) is -0.314. The molecule has 0 bridgehead atoms. The number of rotatable bonds is 9. The minimum atomic E-state index is -4.96. The van der Waals surface area contributed by atoms with Gasteiger partial charge in [0.25, 0.3) is 5.91 Å². The van der Waals surface area contributed by atoms with Gasteiger partial charge in [-0.1, -0.05) is 6.92 Å². The number of ether oxygens (including phenoxy) is 1. The van der Waals surface area contributed by atoms with Crippen molar-refractivity contribution in [3.63, 3.8) is 0 Å². The Balaban J connectivity index is 1.43. The van der Waals surface area contributed by atoms with Gasteiger partial charge < -0.3 is 14.5 Å². The van der Waals surface area contributed by atoms with Gasteiger partial charge in [-0.05, 0) is 81.0 Å². The highest BCUT2D eigenvalue weighted by molar-refractivity contribution is 5.86. The number of hydrogen-bond donors (Lipinski definition) is 0. The maximum Gasteiger partial charge on any atom is 0.416 e. The van der Waals surface area contributed by atoms with Crippen LogP contribution in [0.25, 0.3) is 11.1 Å². The summed E-state index contributed by atoms with van der Waals surface area (Å²) in [7, 11) is 4.90. The van der Waals surface area contributed by atoms with Gasteiger partial charge in [-0.2, -0.15) is 31.4 Å². The second-order valence-electron chi connectivity index (χ2n) is 14.1. The number of nitrogens with zero attached hydrogens (tertiary/aromatic N) is 6. The third-order valence-corrected chi connectivity index (χ3v) is 9.78. The number of likely N-dealkylation sites (N-methyl/N-ethyl adjacent to an activating group) is 1. The van der Waals surface area contributed by atoms with Crippen LogP contribution in [0, 0.1) is 17.8 Å². The Labute approximate surface area is 280 Å². The molecule has 2 aliphatic rings. The highest BCUT2D eigenvalue weighted by Gasteiger charge is 2.63. The third kappa shape index (κ3) is 7.85. The average molecular weight is 695 g/mol. The minimum Gasteiger partial charge on any atom is -0.433 e. The number of hydrogen-bond acceptors (Lipinski definition) is 6. The molecule has 2 fully saturated rings. The summed E-state index contributed by atoms with van der Waals surface area (Å²) >= 11 is 0. The van der Waals surface area contributed by atoms with E-state index in [1.54, 1.807) is 55.5 Å². The zero-order chi connectivity index (χ0) is 36.1. The maximum atomic E-state index is 13.6. The lowest BCUT2D eigenvalue weighted by Gasteiger charge is -2.32. The van der Waals surface area contributed by atoms with Crippen molar-refractivity contribution in [2.45, 2.75) is 76.4 Å². The largest absolute Gasteiger partial charge is 0.433 e. The quantitative estimate of drug-likeness (QED) is 0.229. The van der Waals surface area contributed by atoms with E-state index in [0.717, 1.165) is 23.3 Å². The first-order valence-electron chi connectivity index (χ1n) is 16.0. The van der Waals surface area contributed by atoms with Gasteiger partial charge in [0.15, 0.2) is 5.60 Å². The molecule has 266 valence electrons. The van der Waals surface area contributed by atoms with Gasteiger partial charge >= 0.3 is 18.4 Å². The highest BCUT2D eigenvalue weighted by Crippen LogP contribution is 2.58. The number of aromatic nitrogens is 4. The van der Waals surface area contributed by atoms with Gasteiger partial charge in [-0.15, -0.1) is 0 Å². The van der Waals surface area contributed by atoms with Crippen molar-refractivity contribution in [1.82, 2.24) is 29.5 Å². The fourth-order valence-electron chi connectivity index (χ4n) is 7.04. The van der Waals surface area contributed by atoms with E-state index in [1.807, 2.05) is 6.92 Å². The molecule has 49 heavy (non-hydrogen) atoms. The number of benzene rings is 1. The Morgan fingerprint density at radius 1 is 0.980 bits per heavy atom. The van der Waals surface area contributed by atoms with E-state index in [1.165, 1.54) is 18.7 Å². The summed E-state index contributed by atoms with van der Waals surface area (Å²) in [5, 5.41) is 4.16. The zero-order valence-electron chi connectivity index (χ0n) is 28.2. The second kappa shape index (κ2) is 12.9. The van der Waals surface area contributed by atoms with E-state index in [-0.39, 0.29) is 55.2 Å². The first-order valence-corrected chi connectivity index (χ1v) is 16.0. The molecule has 1 aromatic carbocycles. The second-order valence-corrected chi connectivity index (χ2v) is 14.1. The molecule has 3 aromatic rings. The molecular weight excluding hydrogens is 654 g/mol. The van der Waals surface area contributed by atoms with Crippen LogP contribution >= 0.6 is 0 Å². The first-order chi connectivity index (χ1) is 22.7. The van der Waals surface area contributed by atoms with Crippen LogP contribution in [-0.4, -0.2) is 73.3 Å². The number of halogens is 6. The normalized spacial score (nSPS) is 21.6. The minimum absolute atomic E-state index is 0.0701. The van der Waals surface area contributed by atoms with Crippen LogP contribution in [0.15, 0.2) is 43.0 Å². The predicted octanol–water partition coefficient (Wildman–Crippen LogP) is 6.81. The number of aryl methyl sites for hydroxylation is 2. The number of amides is 2. The number of carbonyl (C=O) groups excluding carboxylic acids is 2. The van der Waals surface area contributed by atoms with Gasteiger partial charge in [-0.3, -0.25) is 9.48 Å². The molecule has 1 spiro atoms. The van der Waals surface area contributed by atoms with E-state index >= 15 is 0 Å². The summed E-state index contributed by atoms with van der Waals surface area (Å²) < 4.78 is 89.1. The molecular formula is C34H40F6N6O3. The molecule has 1 aliphatic heterocycles. The van der Waals surface area contributed by atoms with E-state index in [9.17, 15) is 35.9 Å². The number of alkyl halides is 6. The monoisotopic (exact) mass is 694 g/mol. The summed E-state index contributed by atoms with van der Waals surface area (Å²) in [6.45, 7) is 5.28. The van der Waals surface area contributed by atoms with Crippen LogP contribution in [-0.2, 0) is 41.8 Å². The lowest BCUT2D eigenvalue weighted by atomic mass is 9.82. The molecule has 0 radical (unpaired) electrons. The molecule has 1 saturated carbocycles. The average Bonchev–Trinajstić information content (AvgIpc) is 3.29. The van der Waals surface area contributed by atoms with Gasteiger partial charge in [0.2, 0.25) is 0 Å². The first kappa shape index (κ1) is 36.1. The Kier molecular flexibility index (Phi) is 9.54. The molecule has 15 heteroatoms. The van der Waals surface area contributed by atoms with Crippen molar-refractivity contribution >= 4 is 12.0 Å². The Hall–Kier alpha value is -4.17. The SMILES string of the molecule is C[C@@H]1C[C@]12C[C@H](C(CCc1cc(C(F)(F)F)cc(C(F)(F)F)c1)Cc1ncc(-c3cnn(C)c3)cn1)CN2C(=O)OC(C)(C)C(=O)N(C)C. The topological polar surface area (TPSA) is 93.5 Å². The van der Waals surface area contributed by atoms with Crippen molar-refractivity contribution < 1.29 is 40.7 Å². The van der Waals surface area contributed by atoms with Gasteiger partial charge in [-0.25, -0.2) is 14.8 Å². The molecule has 2 amide bonds. The van der Waals surface area contributed by atoms with E-state index in [4.69, 9.17) is 4.74 Å². The van der Waals surface area contributed by atoms with E-state index in [2.05, 4.69) is 15.1 Å². The van der Waals surface area contributed by atoms with Gasteiger partial charge in [0, 0.05) is 69.4 Å². The number of carbonyl (C=O) groups is 2. The molecule has 9 nitrogen and oxygen atoms in total. The molecule has 3 heterocycles. The summed E-state index contributed by atoms with van der Waals surface area (Å²) in [4.78, 5) is 38.4. The lowest BCUT2D eigenvalue weighted by molar-refractivity contribution is -0.146. The molecule has 0 N–H and O–H groups in total. The van der Waals surface area contributed by atoms with Crippen molar-refractivity contribution in [2.24, 2.45) is 24.8 Å². The molecule has 4 atom stereocenters. The fourth-order valence-corrected chi connectivity index (χ4v) is 7.04.